The molecule has 0 radical (unpaired) electrons. The zero-order valence-corrected chi connectivity index (χ0v) is 12.4. The topological polar surface area (TPSA) is 59.0 Å². The zero-order chi connectivity index (χ0) is 14.8. The number of carbonyl (C=O) groups excluding carboxylic acids is 1. The van der Waals surface area contributed by atoms with Crippen LogP contribution in [0.5, 0.6) is 11.5 Å². The summed E-state index contributed by atoms with van der Waals surface area (Å²) in [5, 5.41) is 9.41. The Balaban J connectivity index is 1.83. The molecule has 1 aliphatic carbocycles. The van der Waals surface area contributed by atoms with Crippen LogP contribution in [0.15, 0.2) is 12.1 Å². The standard InChI is InChI=1S/C15H18ClNO4/c16-12-7-10(8-13-14(12)21-9-20-13)15(19)17(5-2-6-18)11-3-1-4-11/h7-8,11,18H,1-6,9H2. The number of ether oxygens (including phenoxy) is 2. The Kier molecular flexibility index (Phi) is 4.22. The van der Waals surface area contributed by atoms with E-state index in [1.54, 1.807) is 12.1 Å². The van der Waals surface area contributed by atoms with Crippen LogP contribution in [-0.4, -0.2) is 41.9 Å². The van der Waals surface area contributed by atoms with E-state index < -0.39 is 0 Å². The lowest BCUT2D eigenvalue weighted by Crippen LogP contribution is -2.45. The van der Waals surface area contributed by atoms with Crippen LogP contribution in [0.25, 0.3) is 0 Å². The number of nitrogens with zero attached hydrogens (tertiary/aromatic N) is 1. The maximum absolute atomic E-state index is 12.7. The number of benzene rings is 1. The Labute approximate surface area is 128 Å². The average molecular weight is 312 g/mol. The predicted molar refractivity (Wildman–Crippen MR) is 78.0 cm³/mol. The molecule has 5 nitrogen and oxygen atoms in total. The second-order valence-electron chi connectivity index (χ2n) is 5.35. The fourth-order valence-corrected chi connectivity index (χ4v) is 2.91. The molecule has 3 rings (SSSR count). The molecule has 1 saturated carbocycles. The molecule has 1 heterocycles. The molecule has 6 heteroatoms. The van der Waals surface area contributed by atoms with E-state index in [4.69, 9.17) is 26.2 Å². The predicted octanol–water partition coefficient (Wildman–Crippen LogP) is 2.45. The summed E-state index contributed by atoms with van der Waals surface area (Å²) >= 11 is 6.14. The van der Waals surface area contributed by atoms with Crippen LogP contribution in [0, 0.1) is 0 Å². The van der Waals surface area contributed by atoms with Crippen LogP contribution in [0.2, 0.25) is 5.02 Å². The van der Waals surface area contributed by atoms with Gasteiger partial charge in [0.25, 0.3) is 5.91 Å². The Morgan fingerprint density at radius 2 is 2.19 bits per heavy atom. The maximum Gasteiger partial charge on any atom is 0.254 e. The number of hydrogen-bond donors (Lipinski definition) is 1. The van der Waals surface area contributed by atoms with Gasteiger partial charge in [0.1, 0.15) is 0 Å². The van der Waals surface area contributed by atoms with Gasteiger partial charge in [0.15, 0.2) is 11.5 Å². The highest BCUT2D eigenvalue weighted by atomic mass is 35.5. The van der Waals surface area contributed by atoms with Gasteiger partial charge in [-0.15, -0.1) is 0 Å². The van der Waals surface area contributed by atoms with Crippen LogP contribution < -0.4 is 9.47 Å². The van der Waals surface area contributed by atoms with E-state index in [0.29, 0.717) is 35.1 Å². The summed E-state index contributed by atoms with van der Waals surface area (Å²) in [4.78, 5) is 14.6. The highest BCUT2D eigenvalue weighted by molar-refractivity contribution is 6.32. The van der Waals surface area contributed by atoms with Crippen molar-refractivity contribution < 1.29 is 19.4 Å². The normalized spacial score (nSPS) is 16.7. The lowest BCUT2D eigenvalue weighted by Gasteiger charge is -2.37. The molecule has 0 bridgehead atoms. The molecule has 0 saturated heterocycles. The number of aliphatic hydroxyl groups is 1. The molecule has 0 spiro atoms. The first-order valence-corrected chi connectivity index (χ1v) is 7.59. The number of aliphatic hydroxyl groups excluding tert-OH is 1. The van der Waals surface area contributed by atoms with Gasteiger partial charge in [-0.3, -0.25) is 4.79 Å². The van der Waals surface area contributed by atoms with E-state index in [1.165, 1.54) is 0 Å². The second-order valence-corrected chi connectivity index (χ2v) is 5.76. The molecule has 1 aliphatic heterocycles. The highest BCUT2D eigenvalue weighted by Gasteiger charge is 2.30. The quantitative estimate of drug-likeness (QED) is 0.907. The molecule has 1 aromatic carbocycles. The summed E-state index contributed by atoms with van der Waals surface area (Å²) in [6, 6.07) is 3.58. The summed E-state index contributed by atoms with van der Waals surface area (Å²) in [6.45, 7) is 0.772. The Bertz CT molecular complexity index is 545. The van der Waals surface area contributed by atoms with E-state index in [0.717, 1.165) is 19.3 Å². The summed E-state index contributed by atoms with van der Waals surface area (Å²) in [6.07, 6.45) is 3.78. The van der Waals surface area contributed by atoms with Crippen molar-refractivity contribution >= 4 is 17.5 Å². The van der Waals surface area contributed by atoms with Gasteiger partial charge in [0.2, 0.25) is 6.79 Å². The first kappa shape index (κ1) is 14.5. The van der Waals surface area contributed by atoms with Gasteiger partial charge in [-0.2, -0.15) is 0 Å². The van der Waals surface area contributed by atoms with Crippen LogP contribution in [-0.2, 0) is 0 Å². The Hall–Kier alpha value is -1.46. The molecule has 1 N–H and O–H groups in total. The Morgan fingerprint density at radius 3 is 2.86 bits per heavy atom. The van der Waals surface area contributed by atoms with E-state index >= 15 is 0 Å². The zero-order valence-electron chi connectivity index (χ0n) is 11.7. The lowest BCUT2D eigenvalue weighted by atomic mass is 9.90. The number of carbonyl (C=O) groups is 1. The Morgan fingerprint density at radius 1 is 1.38 bits per heavy atom. The molecule has 2 aliphatic rings. The third-order valence-corrected chi connectivity index (χ3v) is 4.29. The lowest BCUT2D eigenvalue weighted by molar-refractivity contribution is 0.0562. The van der Waals surface area contributed by atoms with Crippen molar-refractivity contribution in [2.45, 2.75) is 31.7 Å². The summed E-state index contributed by atoms with van der Waals surface area (Å²) in [7, 11) is 0. The molecule has 0 aromatic heterocycles. The van der Waals surface area contributed by atoms with Crippen LogP contribution in [0.4, 0.5) is 0 Å². The van der Waals surface area contributed by atoms with Crippen molar-refractivity contribution in [1.82, 2.24) is 4.90 Å². The van der Waals surface area contributed by atoms with Gasteiger partial charge < -0.3 is 19.5 Å². The first-order valence-electron chi connectivity index (χ1n) is 7.21. The van der Waals surface area contributed by atoms with Crippen molar-refractivity contribution in [1.29, 1.82) is 0 Å². The minimum absolute atomic E-state index is 0.0617. The van der Waals surface area contributed by atoms with Crippen molar-refractivity contribution in [3.05, 3.63) is 22.7 Å². The monoisotopic (exact) mass is 311 g/mol. The van der Waals surface area contributed by atoms with E-state index in [2.05, 4.69) is 0 Å². The molecule has 1 fully saturated rings. The molecular formula is C15H18ClNO4. The van der Waals surface area contributed by atoms with Crippen molar-refractivity contribution in [2.24, 2.45) is 0 Å². The molecule has 21 heavy (non-hydrogen) atoms. The van der Waals surface area contributed by atoms with E-state index in [9.17, 15) is 4.79 Å². The third kappa shape index (κ3) is 2.80. The number of amides is 1. The summed E-state index contributed by atoms with van der Waals surface area (Å²) in [5.41, 5.74) is 0.508. The molecule has 1 aromatic rings. The minimum atomic E-state index is -0.0617. The van der Waals surface area contributed by atoms with Crippen molar-refractivity contribution in [3.8, 4) is 11.5 Å². The molecule has 0 atom stereocenters. The summed E-state index contributed by atoms with van der Waals surface area (Å²) in [5.74, 6) is 0.952. The SMILES string of the molecule is O=C(c1cc(Cl)c2c(c1)OCO2)N(CCCO)C1CCC1. The van der Waals surface area contributed by atoms with Crippen molar-refractivity contribution in [3.63, 3.8) is 0 Å². The number of fused-ring (bicyclic) bond motifs is 1. The van der Waals surface area contributed by atoms with Gasteiger partial charge in [-0.05, 0) is 37.8 Å². The van der Waals surface area contributed by atoms with E-state index in [1.807, 2.05) is 4.90 Å². The molecule has 114 valence electrons. The maximum atomic E-state index is 12.7. The first-order chi connectivity index (χ1) is 10.2. The summed E-state index contributed by atoms with van der Waals surface area (Å²) < 4.78 is 10.6. The van der Waals surface area contributed by atoms with Gasteiger partial charge >= 0.3 is 0 Å². The van der Waals surface area contributed by atoms with Crippen LogP contribution >= 0.6 is 11.6 Å². The fourth-order valence-electron chi connectivity index (χ4n) is 2.65. The number of halogens is 1. The molecule has 0 unspecified atom stereocenters. The number of rotatable bonds is 5. The molecular weight excluding hydrogens is 294 g/mol. The highest BCUT2D eigenvalue weighted by Crippen LogP contribution is 2.40. The second kappa shape index (κ2) is 6.12. The van der Waals surface area contributed by atoms with Crippen molar-refractivity contribution in [2.75, 3.05) is 19.9 Å². The average Bonchev–Trinajstić information content (AvgIpc) is 2.89. The van der Waals surface area contributed by atoms with Crippen LogP contribution in [0.3, 0.4) is 0 Å². The number of hydrogen-bond acceptors (Lipinski definition) is 4. The fraction of sp³-hybridized carbons (Fsp3) is 0.533. The smallest absolute Gasteiger partial charge is 0.254 e. The van der Waals surface area contributed by atoms with Crippen LogP contribution in [0.1, 0.15) is 36.0 Å². The molecule has 1 amide bonds. The van der Waals surface area contributed by atoms with Gasteiger partial charge in [0.05, 0.1) is 5.02 Å². The third-order valence-electron chi connectivity index (χ3n) is 4.01. The van der Waals surface area contributed by atoms with Gasteiger partial charge in [-0.1, -0.05) is 11.6 Å². The largest absolute Gasteiger partial charge is 0.454 e. The van der Waals surface area contributed by atoms with E-state index in [-0.39, 0.29) is 25.3 Å². The van der Waals surface area contributed by atoms with Gasteiger partial charge in [0, 0.05) is 24.8 Å². The minimum Gasteiger partial charge on any atom is -0.454 e. The van der Waals surface area contributed by atoms with Gasteiger partial charge in [-0.25, -0.2) is 0 Å².